The molecule has 9 aromatic rings. The largest absolute Gasteiger partial charge is 0.144 e. The zero-order valence-corrected chi connectivity index (χ0v) is 21.0. The van der Waals surface area contributed by atoms with Crippen molar-refractivity contribution >= 4 is 127 Å². The molecular weight excluding hydrogens is 489 g/mol. The molecule has 0 aliphatic heterocycles. The Labute approximate surface area is 209 Å². The number of hydrogen-bond acceptors (Lipinski definition) is 4. The maximum absolute atomic E-state index is 2.43. The van der Waals surface area contributed by atoms with Gasteiger partial charge in [0.1, 0.15) is 0 Å². The minimum atomic E-state index is 1.33. The highest BCUT2D eigenvalue weighted by atomic mass is 32.1. The second-order valence-electron chi connectivity index (χ2n) is 8.99. The predicted molar refractivity (Wildman–Crippen MR) is 158 cm³/mol. The van der Waals surface area contributed by atoms with E-state index in [2.05, 4.69) is 83.6 Å². The molecule has 0 atom stereocenters. The number of rotatable bonds is 0. The maximum Gasteiger partial charge on any atom is 0.0434 e. The molecule has 4 heterocycles. The molecule has 4 heteroatoms. The molecule has 34 heavy (non-hydrogen) atoms. The monoisotopic (exact) mass is 502 g/mol. The van der Waals surface area contributed by atoms with Crippen molar-refractivity contribution in [3.63, 3.8) is 0 Å². The Morgan fingerprint density at radius 2 is 0.912 bits per heavy atom. The van der Waals surface area contributed by atoms with Crippen molar-refractivity contribution in [1.29, 1.82) is 0 Å². The Morgan fingerprint density at radius 3 is 1.71 bits per heavy atom. The van der Waals surface area contributed by atoms with E-state index in [1.165, 1.54) is 82.1 Å². The summed E-state index contributed by atoms with van der Waals surface area (Å²) in [6.45, 7) is 0. The van der Waals surface area contributed by atoms with Gasteiger partial charge in [0.15, 0.2) is 0 Å². The highest BCUT2D eigenvalue weighted by Crippen LogP contribution is 2.44. The van der Waals surface area contributed by atoms with Crippen molar-refractivity contribution < 1.29 is 0 Å². The molecule has 4 aromatic heterocycles. The van der Waals surface area contributed by atoms with Crippen LogP contribution in [0.15, 0.2) is 83.6 Å². The van der Waals surface area contributed by atoms with Crippen LogP contribution in [-0.2, 0) is 0 Å². The van der Waals surface area contributed by atoms with Gasteiger partial charge in [0.2, 0.25) is 0 Å². The third-order valence-electron chi connectivity index (χ3n) is 7.19. The van der Waals surface area contributed by atoms with Gasteiger partial charge in [-0.25, -0.2) is 0 Å². The standard InChI is InChI=1S/C30H14S4/c1-2-19-18(3-4-20-23-13-25-17(6-8-31-25)11-28(23)34-30(19)20)21-12-29-22(9-15(1)21)24-14-26-16(5-7-32-26)10-27(24)33-29/h1-14H. The molecule has 0 spiro atoms. The first-order valence-electron chi connectivity index (χ1n) is 11.2. The molecule has 0 saturated carbocycles. The summed E-state index contributed by atoms with van der Waals surface area (Å²) in [5, 5.41) is 18.0. The van der Waals surface area contributed by atoms with Crippen LogP contribution in [0.3, 0.4) is 0 Å². The van der Waals surface area contributed by atoms with E-state index in [4.69, 9.17) is 0 Å². The highest BCUT2D eigenvalue weighted by molar-refractivity contribution is 7.27. The quantitative estimate of drug-likeness (QED) is 0.181. The van der Waals surface area contributed by atoms with E-state index in [9.17, 15) is 0 Å². The summed E-state index contributed by atoms with van der Waals surface area (Å²) in [5.74, 6) is 0. The van der Waals surface area contributed by atoms with Crippen molar-refractivity contribution in [3.8, 4) is 0 Å². The van der Waals surface area contributed by atoms with Crippen LogP contribution < -0.4 is 0 Å². The summed E-state index contributed by atoms with van der Waals surface area (Å²) in [7, 11) is 0. The first kappa shape index (κ1) is 18.3. The lowest BCUT2D eigenvalue weighted by atomic mass is 9.98. The summed E-state index contributed by atoms with van der Waals surface area (Å²) in [4.78, 5) is 0. The average Bonchev–Trinajstić information content (AvgIpc) is 3.63. The van der Waals surface area contributed by atoms with Crippen LogP contribution in [0.1, 0.15) is 0 Å². The fraction of sp³-hybridized carbons (Fsp3) is 0. The summed E-state index contributed by atoms with van der Waals surface area (Å²) in [5.41, 5.74) is 0. The van der Waals surface area contributed by atoms with Crippen molar-refractivity contribution in [2.45, 2.75) is 0 Å². The topological polar surface area (TPSA) is 0 Å². The SMILES string of the molecule is c1cc2cc3sc4cc5c(ccc6c5ccc5c7cc8sccc8cc7sc56)cc4c3cc2s1. The lowest BCUT2D eigenvalue weighted by molar-refractivity contribution is 1.90. The molecule has 0 unspecified atom stereocenters. The van der Waals surface area contributed by atoms with Crippen LogP contribution >= 0.6 is 45.3 Å². The highest BCUT2D eigenvalue weighted by Gasteiger charge is 2.14. The first-order chi connectivity index (χ1) is 16.8. The molecule has 158 valence electrons. The minimum absolute atomic E-state index is 1.33. The van der Waals surface area contributed by atoms with Crippen LogP contribution in [0.4, 0.5) is 0 Å². The van der Waals surface area contributed by atoms with E-state index >= 15 is 0 Å². The predicted octanol–water partition coefficient (Wildman–Crippen LogP) is 11.2. The summed E-state index contributed by atoms with van der Waals surface area (Å²) in [6, 6.07) is 28.2. The molecule has 0 amide bonds. The van der Waals surface area contributed by atoms with E-state index in [0.29, 0.717) is 0 Å². The lowest BCUT2D eigenvalue weighted by Crippen LogP contribution is -1.79. The minimum Gasteiger partial charge on any atom is -0.144 e. The van der Waals surface area contributed by atoms with Crippen LogP contribution in [0.25, 0.3) is 82.1 Å². The summed E-state index contributed by atoms with van der Waals surface area (Å²) in [6.07, 6.45) is 0. The van der Waals surface area contributed by atoms with Gasteiger partial charge in [0.25, 0.3) is 0 Å². The Hall–Kier alpha value is -3.02. The third-order valence-corrected chi connectivity index (χ3v) is 11.3. The Morgan fingerprint density at radius 1 is 0.353 bits per heavy atom. The van der Waals surface area contributed by atoms with E-state index in [-0.39, 0.29) is 0 Å². The van der Waals surface area contributed by atoms with Gasteiger partial charge in [0.05, 0.1) is 0 Å². The first-order valence-corrected chi connectivity index (χ1v) is 14.6. The van der Waals surface area contributed by atoms with Crippen molar-refractivity contribution in [2.24, 2.45) is 0 Å². The van der Waals surface area contributed by atoms with Gasteiger partial charge in [-0.2, -0.15) is 0 Å². The zero-order valence-electron chi connectivity index (χ0n) is 17.7. The van der Waals surface area contributed by atoms with E-state index in [0.717, 1.165) is 0 Å². The number of thiophene rings is 4. The van der Waals surface area contributed by atoms with Crippen molar-refractivity contribution in [2.75, 3.05) is 0 Å². The molecule has 0 aliphatic carbocycles. The smallest absolute Gasteiger partial charge is 0.0434 e. The molecule has 0 saturated heterocycles. The van der Waals surface area contributed by atoms with Gasteiger partial charge in [-0.1, -0.05) is 24.3 Å². The molecule has 0 radical (unpaired) electrons. The summed E-state index contributed by atoms with van der Waals surface area (Å²) >= 11 is 7.52. The lowest BCUT2D eigenvalue weighted by Gasteiger charge is -2.06. The second kappa shape index (κ2) is 6.35. The summed E-state index contributed by atoms with van der Waals surface area (Å²) < 4.78 is 8.30. The van der Waals surface area contributed by atoms with Crippen molar-refractivity contribution in [3.05, 3.63) is 83.6 Å². The molecule has 0 fully saturated rings. The molecule has 0 nitrogen and oxygen atoms in total. The second-order valence-corrected chi connectivity index (χ2v) is 13.0. The van der Waals surface area contributed by atoms with Crippen LogP contribution in [0.2, 0.25) is 0 Å². The van der Waals surface area contributed by atoms with Gasteiger partial charge in [0, 0.05) is 55.1 Å². The average molecular weight is 503 g/mol. The zero-order chi connectivity index (χ0) is 22.0. The van der Waals surface area contributed by atoms with Gasteiger partial charge in [-0.05, 0) is 86.2 Å². The molecule has 9 rings (SSSR count). The van der Waals surface area contributed by atoms with Crippen LogP contribution in [-0.4, -0.2) is 0 Å². The Balaban J connectivity index is 1.39. The van der Waals surface area contributed by atoms with Gasteiger partial charge < -0.3 is 0 Å². The molecular formula is C30H14S4. The fourth-order valence-electron chi connectivity index (χ4n) is 5.55. The maximum atomic E-state index is 2.43. The van der Waals surface area contributed by atoms with E-state index in [1.54, 1.807) is 0 Å². The normalized spacial score (nSPS) is 12.7. The van der Waals surface area contributed by atoms with Gasteiger partial charge in [-0.3, -0.25) is 0 Å². The number of hydrogen-bond donors (Lipinski definition) is 0. The number of fused-ring (bicyclic) bond motifs is 12. The molecule has 5 aromatic carbocycles. The van der Waals surface area contributed by atoms with Gasteiger partial charge >= 0.3 is 0 Å². The third kappa shape index (κ3) is 2.32. The van der Waals surface area contributed by atoms with E-state index in [1.807, 2.05) is 45.3 Å². The van der Waals surface area contributed by atoms with Gasteiger partial charge in [-0.15, -0.1) is 45.3 Å². The Bertz CT molecular complexity index is 2260. The Kier molecular flexibility index (Phi) is 3.42. The number of benzene rings is 5. The van der Waals surface area contributed by atoms with Crippen LogP contribution in [0, 0.1) is 0 Å². The van der Waals surface area contributed by atoms with Crippen LogP contribution in [0.5, 0.6) is 0 Å². The molecule has 0 aliphatic rings. The fourth-order valence-corrected chi connectivity index (χ4v) is 9.59. The van der Waals surface area contributed by atoms with Crippen molar-refractivity contribution in [1.82, 2.24) is 0 Å². The molecule has 0 N–H and O–H groups in total. The van der Waals surface area contributed by atoms with E-state index < -0.39 is 0 Å². The molecule has 0 bridgehead atoms.